The Morgan fingerprint density at radius 3 is 2.24 bits per heavy atom. The lowest BCUT2D eigenvalue weighted by Crippen LogP contribution is -2.18. The summed E-state index contributed by atoms with van der Waals surface area (Å²) < 4.78 is -0.151. The van der Waals surface area contributed by atoms with E-state index in [-0.39, 0.29) is 16.1 Å². The summed E-state index contributed by atoms with van der Waals surface area (Å²) in [5.74, 6) is 1.16. The first-order valence-corrected chi connectivity index (χ1v) is 8.47. The zero-order valence-electron chi connectivity index (χ0n) is 13.8. The van der Waals surface area contributed by atoms with Gasteiger partial charge in [0, 0.05) is 17.1 Å². The lowest BCUT2D eigenvalue weighted by Gasteiger charge is -2.29. The van der Waals surface area contributed by atoms with Crippen LogP contribution in [0.1, 0.15) is 75.6 Å². The molecule has 1 aromatic rings. The molecule has 3 rings (SSSR count). The maximum atomic E-state index is 12.2. The fraction of sp³-hybridized carbons (Fsp3) is 0.632. The van der Waals surface area contributed by atoms with Crippen LogP contribution < -0.4 is 0 Å². The molecule has 114 valence electrons. The number of thiol groups is 1. The van der Waals surface area contributed by atoms with Gasteiger partial charge < -0.3 is 0 Å². The highest BCUT2D eigenvalue weighted by molar-refractivity contribution is 7.81. The third-order valence-corrected chi connectivity index (χ3v) is 5.46. The van der Waals surface area contributed by atoms with E-state index in [1.54, 1.807) is 0 Å². The van der Waals surface area contributed by atoms with Crippen LogP contribution in [-0.4, -0.2) is 5.78 Å². The van der Waals surface area contributed by atoms with E-state index >= 15 is 0 Å². The number of rotatable bonds is 1. The summed E-state index contributed by atoms with van der Waals surface area (Å²) in [4.78, 5) is 12.2. The molecule has 1 fully saturated rings. The highest BCUT2D eigenvalue weighted by Crippen LogP contribution is 2.52. The van der Waals surface area contributed by atoms with Crippen molar-refractivity contribution in [2.75, 3.05) is 0 Å². The molecule has 1 nitrogen and oxygen atoms in total. The highest BCUT2D eigenvalue weighted by atomic mass is 32.1. The van der Waals surface area contributed by atoms with Gasteiger partial charge in [-0.15, -0.1) is 0 Å². The smallest absolute Gasteiger partial charge is 0.136 e. The Labute approximate surface area is 133 Å². The number of hydrogen-bond acceptors (Lipinski definition) is 2. The van der Waals surface area contributed by atoms with Gasteiger partial charge in [0.2, 0.25) is 0 Å². The van der Waals surface area contributed by atoms with Gasteiger partial charge in [-0.1, -0.05) is 32.9 Å². The van der Waals surface area contributed by atoms with Crippen molar-refractivity contribution < 1.29 is 4.79 Å². The number of benzene rings is 1. The molecule has 0 spiro atoms. The molecule has 0 saturated heterocycles. The second kappa shape index (κ2) is 4.62. The van der Waals surface area contributed by atoms with Crippen molar-refractivity contribution in [3.8, 4) is 0 Å². The standard InChI is InChI=1S/C19H26OS/c1-18(2,3)15-8-7-14(19(4,5)21)13-10-12-11(17(13)15)6-9-16(12)20/h7-8,11-12,21H,6,9-10H2,1-5H3. The van der Waals surface area contributed by atoms with Gasteiger partial charge in [0.05, 0.1) is 0 Å². The molecule has 0 amide bonds. The molecule has 2 heteroatoms. The maximum absolute atomic E-state index is 12.2. The lowest BCUT2D eigenvalue weighted by molar-refractivity contribution is -0.120. The summed E-state index contributed by atoms with van der Waals surface area (Å²) in [7, 11) is 0. The van der Waals surface area contributed by atoms with Crippen LogP contribution in [0.5, 0.6) is 0 Å². The first kappa shape index (κ1) is 15.1. The summed E-state index contributed by atoms with van der Waals surface area (Å²) in [6.45, 7) is 11.1. The number of fused-ring (bicyclic) bond motifs is 3. The third kappa shape index (κ3) is 2.36. The molecule has 1 saturated carbocycles. The Morgan fingerprint density at radius 2 is 1.67 bits per heavy atom. The Bertz CT molecular complexity index is 601. The normalized spacial score (nSPS) is 25.1. The molecule has 2 atom stereocenters. The van der Waals surface area contributed by atoms with E-state index in [9.17, 15) is 4.79 Å². The van der Waals surface area contributed by atoms with Crippen molar-refractivity contribution in [3.63, 3.8) is 0 Å². The summed E-state index contributed by atoms with van der Waals surface area (Å²) in [5.41, 5.74) is 5.78. The minimum atomic E-state index is -0.151. The number of ketones is 1. The van der Waals surface area contributed by atoms with E-state index in [0.29, 0.717) is 11.7 Å². The van der Waals surface area contributed by atoms with Gasteiger partial charge in [-0.05, 0) is 60.3 Å². The molecule has 2 unspecified atom stereocenters. The number of carbonyl (C=O) groups is 1. The van der Waals surface area contributed by atoms with E-state index in [1.165, 1.54) is 22.3 Å². The predicted molar refractivity (Wildman–Crippen MR) is 91.3 cm³/mol. The van der Waals surface area contributed by atoms with E-state index in [4.69, 9.17) is 12.6 Å². The second-order valence-corrected chi connectivity index (χ2v) is 9.40. The van der Waals surface area contributed by atoms with E-state index in [0.717, 1.165) is 19.3 Å². The Hall–Kier alpha value is -0.760. The SMILES string of the molecule is CC(C)(C)c1ccc(C(C)(C)S)c2c1C1CCC(=O)C1C2. The van der Waals surface area contributed by atoms with Crippen LogP contribution in [0.15, 0.2) is 12.1 Å². The molecule has 0 N–H and O–H groups in total. The van der Waals surface area contributed by atoms with Crippen molar-refractivity contribution in [3.05, 3.63) is 34.4 Å². The monoisotopic (exact) mass is 302 g/mol. The molecule has 1 aromatic carbocycles. The topological polar surface area (TPSA) is 17.1 Å². The average molecular weight is 302 g/mol. The van der Waals surface area contributed by atoms with Gasteiger partial charge in [-0.2, -0.15) is 12.6 Å². The van der Waals surface area contributed by atoms with E-state index in [1.807, 2.05) is 0 Å². The number of carbonyl (C=O) groups excluding carboxylic acids is 1. The van der Waals surface area contributed by atoms with Crippen LogP contribution in [0, 0.1) is 5.92 Å². The molecule has 0 heterocycles. The zero-order valence-corrected chi connectivity index (χ0v) is 14.7. The molecular weight excluding hydrogens is 276 g/mol. The van der Waals surface area contributed by atoms with Gasteiger partial charge in [0.1, 0.15) is 5.78 Å². The van der Waals surface area contributed by atoms with E-state index in [2.05, 4.69) is 46.8 Å². The van der Waals surface area contributed by atoms with Gasteiger partial charge in [0.15, 0.2) is 0 Å². The Balaban J connectivity index is 2.24. The molecule has 0 radical (unpaired) electrons. The summed E-state index contributed by atoms with van der Waals surface area (Å²) >= 11 is 4.79. The predicted octanol–water partition coefficient (Wildman–Crippen LogP) is 4.77. The lowest BCUT2D eigenvalue weighted by atomic mass is 9.78. The van der Waals surface area contributed by atoms with Crippen LogP contribution >= 0.6 is 12.6 Å². The summed E-state index contributed by atoms with van der Waals surface area (Å²) in [6, 6.07) is 4.54. The first-order chi connectivity index (χ1) is 9.60. The second-order valence-electron chi connectivity index (χ2n) is 8.28. The zero-order chi connectivity index (χ0) is 15.6. The minimum absolute atomic E-state index is 0.129. The van der Waals surface area contributed by atoms with Gasteiger partial charge in [-0.25, -0.2) is 0 Å². The van der Waals surface area contributed by atoms with Gasteiger partial charge in [0.25, 0.3) is 0 Å². The molecule has 21 heavy (non-hydrogen) atoms. The average Bonchev–Trinajstić information content (AvgIpc) is 2.86. The van der Waals surface area contributed by atoms with Crippen LogP contribution in [-0.2, 0) is 21.4 Å². The summed E-state index contributed by atoms with van der Waals surface area (Å²) in [5, 5.41) is 0. The maximum Gasteiger partial charge on any atom is 0.136 e. The minimum Gasteiger partial charge on any atom is -0.299 e. The van der Waals surface area contributed by atoms with Crippen molar-refractivity contribution in [1.82, 2.24) is 0 Å². The van der Waals surface area contributed by atoms with Crippen LogP contribution in [0.25, 0.3) is 0 Å². The van der Waals surface area contributed by atoms with Crippen LogP contribution in [0.3, 0.4) is 0 Å². The molecule has 2 aliphatic rings. The quantitative estimate of drug-likeness (QED) is 0.740. The molecule has 2 aliphatic carbocycles. The molecule has 0 bridgehead atoms. The van der Waals surface area contributed by atoms with E-state index < -0.39 is 0 Å². The van der Waals surface area contributed by atoms with Crippen molar-refractivity contribution in [2.24, 2.45) is 5.92 Å². The molecular formula is C19H26OS. The number of Topliss-reactive ketones (excluding diaryl/α,β-unsaturated/α-hetero) is 1. The summed E-state index contributed by atoms with van der Waals surface area (Å²) in [6.07, 6.45) is 2.74. The van der Waals surface area contributed by atoms with Crippen molar-refractivity contribution >= 4 is 18.4 Å². The Morgan fingerprint density at radius 1 is 1.05 bits per heavy atom. The van der Waals surface area contributed by atoms with Crippen LogP contribution in [0.4, 0.5) is 0 Å². The van der Waals surface area contributed by atoms with Crippen molar-refractivity contribution in [1.29, 1.82) is 0 Å². The fourth-order valence-electron chi connectivity index (χ4n) is 4.27. The Kier molecular flexibility index (Phi) is 3.33. The number of hydrogen-bond donors (Lipinski definition) is 1. The largest absolute Gasteiger partial charge is 0.299 e. The van der Waals surface area contributed by atoms with Gasteiger partial charge in [-0.3, -0.25) is 4.79 Å². The third-order valence-electron chi connectivity index (χ3n) is 5.22. The molecule has 0 aromatic heterocycles. The van der Waals surface area contributed by atoms with Gasteiger partial charge >= 0.3 is 0 Å². The fourth-order valence-corrected chi connectivity index (χ4v) is 4.48. The molecule has 0 aliphatic heterocycles. The first-order valence-electron chi connectivity index (χ1n) is 8.02. The van der Waals surface area contributed by atoms with Crippen LogP contribution in [0.2, 0.25) is 0 Å². The highest BCUT2D eigenvalue weighted by Gasteiger charge is 2.45. The van der Waals surface area contributed by atoms with Crippen molar-refractivity contribution in [2.45, 2.75) is 70.0 Å².